The van der Waals surface area contributed by atoms with Crippen LogP contribution in [0.4, 0.5) is 10.7 Å². The smallest absolute Gasteiger partial charge is 0.263 e. The number of carbonyl (C=O) groups excluding carboxylic acids is 2. The van der Waals surface area contributed by atoms with Crippen LogP contribution in [0.25, 0.3) is 0 Å². The van der Waals surface area contributed by atoms with Crippen molar-refractivity contribution >= 4 is 33.7 Å². The fraction of sp³-hybridized carbons (Fsp3) is 0.136. The topological polar surface area (TPSA) is 61.2 Å². The number of rotatable bonds is 3. The molecule has 1 heterocycles. The van der Waals surface area contributed by atoms with Crippen molar-refractivity contribution in [1.82, 2.24) is 0 Å². The highest BCUT2D eigenvalue weighted by Crippen LogP contribution is 2.43. The van der Waals surface area contributed by atoms with Gasteiger partial charge in [0.25, 0.3) is 5.91 Å². The van der Waals surface area contributed by atoms with Crippen molar-refractivity contribution in [3.05, 3.63) is 82.2 Å². The molecule has 0 saturated carbocycles. The van der Waals surface area contributed by atoms with Crippen molar-refractivity contribution in [2.45, 2.75) is 19.3 Å². The molecule has 1 aliphatic carbocycles. The van der Waals surface area contributed by atoms with Crippen LogP contribution in [0.3, 0.4) is 0 Å². The molecule has 1 aromatic heterocycles. The third-order valence-electron chi connectivity index (χ3n) is 4.64. The molecular weight excluding hydrogens is 356 g/mol. The van der Waals surface area contributed by atoms with Crippen LogP contribution in [-0.2, 0) is 6.42 Å². The van der Waals surface area contributed by atoms with E-state index in [1.165, 1.54) is 11.3 Å². The quantitative estimate of drug-likeness (QED) is 0.641. The number of benzene rings is 2. The van der Waals surface area contributed by atoms with Gasteiger partial charge in [0.2, 0.25) is 0 Å². The van der Waals surface area contributed by atoms with Crippen molar-refractivity contribution < 1.29 is 9.59 Å². The standard InChI is InChI=1S/C22H16N2O2S/c23-14-19-17-12-7-13-18(25)20(17)22(27-19)24(16-10-5-2-6-11-16)21(26)15-8-3-1-4-9-15/h1-6,8-11H,7,12-13H2. The maximum atomic E-state index is 13.4. The molecule has 0 aliphatic heterocycles. The van der Waals surface area contributed by atoms with E-state index in [2.05, 4.69) is 6.07 Å². The van der Waals surface area contributed by atoms with Gasteiger partial charge in [-0.2, -0.15) is 5.26 Å². The van der Waals surface area contributed by atoms with Crippen molar-refractivity contribution in [3.8, 4) is 6.07 Å². The summed E-state index contributed by atoms with van der Waals surface area (Å²) in [6.45, 7) is 0. The van der Waals surface area contributed by atoms with Gasteiger partial charge in [-0.3, -0.25) is 14.5 Å². The van der Waals surface area contributed by atoms with Crippen molar-refractivity contribution in [2.24, 2.45) is 0 Å². The minimum absolute atomic E-state index is 0.00536. The van der Waals surface area contributed by atoms with E-state index in [9.17, 15) is 14.9 Å². The molecule has 1 amide bonds. The summed E-state index contributed by atoms with van der Waals surface area (Å²) in [4.78, 5) is 28.2. The van der Waals surface area contributed by atoms with E-state index in [0.717, 1.165) is 12.0 Å². The number of nitriles is 1. The number of hydrogen-bond acceptors (Lipinski definition) is 4. The third kappa shape index (κ3) is 3.05. The Kier molecular flexibility index (Phi) is 4.57. The van der Waals surface area contributed by atoms with Crippen molar-refractivity contribution in [3.63, 3.8) is 0 Å². The van der Waals surface area contributed by atoms with E-state index in [0.29, 0.717) is 39.5 Å². The van der Waals surface area contributed by atoms with E-state index < -0.39 is 0 Å². The van der Waals surface area contributed by atoms with Gasteiger partial charge in [-0.25, -0.2) is 0 Å². The van der Waals surface area contributed by atoms with Crippen LogP contribution < -0.4 is 4.90 Å². The molecule has 0 unspecified atom stereocenters. The van der Waals surface area contributed by atoms with Gasteiger partial charge in [0.15, 0.2) is 5.78 Å². The Morgan fingerprint density at radius 3 is 2.33 bits per heavy atom. The maximum absolute atomic E-state index is 13.4. The molecule has 27 heavy (non-hydrogen) atoms. The van der Waals surface area contributed by atoms with Gasteiger partial charge in [-0.15, -0.1) is 11.3 Å². The molecule has 5 heteroatoms. The summed E-state index contributed by atoms with van der Waals surface area (Å²) in [5, 5.41) is 10.1. The van der Waals surface area contributed by atoms with E-state index >= 15 is 0 Å². The average molecular weight is 372 g/mol. The lowest BCUT2D eigenvalue weighted by molar-refractivity contribution is 0.0973. The van der Waals surface area contributed by atoms with E-state index in [1.54, 1.807) is 17.0 Å². The van der Waals surface area contributed by atoms with Crippen LogP contribution in [0.1, 0.15) is 44.0 Å². The normalized spacial score (nSPS) is 12.9. The van der Waals surface area contributed by atoms with Crippen LogP contribution >= 0.6 is 11.3 Å². The lowest BCUT2D eigenvalue weighted by atomic mass is 9.92. The van der Waals surface area contributed by atoms with Crippen molar-refractivity contribution in [1.29, 1.82) is 5.26 Å². The Morgan fingerprint density at radius 2 is 1.67 bits per heavy atom. The number of amides is 1. The molecule has 3 aromatic rings. The summed E-state index contributed by atoms with van der Waals surface area (Å²) in [6, 6.07) is 20.5. The first-order valence-electron chi connectivity index (χ1n) is 8.74. The number of nitrogens with zero attached hydrogens (tertiary/aromatic N) is 2. The number of thiophene rings is 1. The number of carbonyl (C=O) groups is 2. The summed E-state index contributed by atoms with van der Waals surface area (Å²) >= 11 is 1.23. The first kappa shape index (κ1) is 17.2. The summed E-state index contributed by atoms with van der Waals surface area (Å²) in [5.41, 5.74) is 2.54. The van der Waals surface area contributed by atoms with Gasteiger partial charge < -0.3 is 0 Å². The molecule has 0 fully saturated rings. The van der Waals surface area contributed by atoms with Crippen LogP contribution in [-0.4, -0.2) is 11.7 Å². The lowest BCUT2D eigenvalue weighted by Crippen LogP contribution is -2.27. The van der Waals surface area contributed by atoms with Crippen LogP contribution in [0.5, 0.6) is 0 Å². The average Bonchev–Trinajstić information content (AvgIpc) is 3.09. The second kappa shape index (κ2) is 7.18. The summed E-state index contributed by atoms with van der Waals surface area (Å²) in [5.74, 6) is -0.209. The molecule has 1 aliphatic rings. The number of Topliss-reactive ketones (excluding diaryl/α,β-unsaturated/α-hetero) is 1. The molecular formula is C22H16N2O2S. The van der Waals surface area contributed by atoms with E-state index in [4.69, 9.17) is 0 Å². The zero-order valence-corrected chi connectivity index (χ0v) is 15.3. The largest absolute Gasteiger partial charge is 0.294 e. The molecule has 2 aromatic carbocycles. The number of anilines is 2. The van der Waals surface area contributed by atoms with Crippen LogP contribution in [0.15, 0.2) is 60.7 Å². The first-order valence-corrected chi connectivity index (χ1v) is 9.56. The summed E-state index contributed by atoms with van der Waals surface area (Å²) in [6.07, 6.45) is 1.89. The van der Waals surface area contributed by atoms with Gasteiger partial charge in [0.05, 0.1) is 11.3 Å². The Bertz CT molecular complexity index is 1050. The van der Waals surface area contributed by atoms with Crippen LogP contribution in [0.2, 0.25) is 0 Å². The molecule has 0 N–H and O–H groups in total. The summed E-state index contributed by atoms with van der Waals surface area (Å²) in [7, 11) is 0. The highest BCUT2D eigenvalue weighted by Gasteiger charge is 2.32. The molecule has 0 radical (unpaired) electrons. The minimum atomic E-state index is -0.214. The number of hydrogen-bond donors (Lipinski definition) is 0. The van der Waals surface area contributed by atoms with Gasteiger partial charge in [-0.05, 0) is 42.7 Å². The predicted molar refractivity (Wildman–Crippen MR) is 106 cm³/mol. The SMILES string of the molecule is N#Cc1sc(N(C(=O)c2ccccc2)c2ccccc2)c2c1CCCC2=O. The molecule has 4 nitrogen and oxygen atoms in total. The van der Waals surface area contributed by atoms with Crippen molar-refractivity contribution in [2.75, 3.05) is 4.90 Å². The fourth-order valence-electron chi connectivity index (χ4n) is 3.39. The zero-order chi connectivity index (χ0) is 18.8. The van der Waals surface area contributed by atoms with Gasteiger partial charge in [-0.1, -0.05) is 36.4 Å². The van der Waals surface area contributed by atoms with Gasteiger partial charge in [0, 0.05) is 12.0 Å². The number of para-hydroxylation sites is 1. The van der Waals surface area contributed by atoms with E-state index in [1.807, 2.05) is 48.5 Å². The van der Waals surface area contributed by atoms with E-state index in [-0.39, 0.29) is 11.7 Å². The minimum Gasteiger partial charge on any atom is -0.294 e. The lowest BCUT2D eigenvalue weighted by Gasteiger charge is -2.24. The molecule has 0 saturated heterocycles. The van der Waals surface area contributed by atoms with Gasteiger partial charge in [0.1, 0.15) is 15.9 Å². The predicted octanol–water partition coefficient (Wildman–Crippen LogP) is 5.12. The summed E-state index contributed by atoms with van der Waals surface area (Å²) < 4.78 is 0. The Labute approximate surface area is 161 Å². The molecule has 4 rings (SSSR count). The monoisotopic (exact) mass is 372 g/mol. The Hall–Kier alpha value is -3.23. The highest BCUT2D eigenvalue weighted by atomic mass is 32.1. The third-order valence-corrected chi connectivity index (χ3v) is 5.76. The molecule has 0 atom stereocenters. The number of ketones is 1. The zero-order valence-electron chi connectivity index (χ0n) is 14.5. The second-order valence-electron chi connectivity index (χ2n) is 6.32. The Balaban J connectivity index is 1.93. The fourth-order valence-corrected chi connectivity index (χ4v) is 4.58. The van der Waals surface area contributed by atoms with Crippen LogP contribution in [0, 0.1) is 11.3 Å². The molecule has 0 spiro atoms. The highest BCUT2D eigenvalue weighted by molar-refractivity contribution is 7.17. The number of fused-ring (bicyclic) bond motifs is 1. The first-order chi connectivity index (χ1) is 13.2. The molecule has 0 bridgehead atoms. The second-order valence-corrected chi connectivity index (χ2v) is 7.32. The van der Waals surface area contributed by atoms with Gasteiger partial charge >= 0.3 is 0 Å². The Morgan fingerprint density at radius 1 is 1.00 bits per heavy atom. The maximum Gasteiger partial charge on any atom is 0.263 e. The molecule has 132 valence electrons.